The van der Waals surface area contributed by atoms with Crippen molar-refractivity contribution in [3.63, 3.8) is 0 Å². The molecule has 0 amide bonds. The Morgan fingerprint density at radius 3 is 2.90 bits per heavy atom. The summed E-state index contributed by atoms with van der Waals surface area (Å²) in [6.07, 6.45) is 6.22. The molecule has 3 rings (SSSR count). The van der Waals surface area contributed by atoms with E-state index in [9.17, 15) is 0 Å². The first-order chi connectivity index (χ1) is 9.86. The molecular formula is C17H21NO2. The van der Waals surface area contributed by atoms with Gasteiger partial charge in [0.2, 0.25) is 0 Å². The molecule has 0 aliphatic heterocycles. The molecule has 0 saturated carbocycles. The van der Waals surface area contributed by atoms with Crippen LogP contribution in [0.3, 0.4) is 0 Å². The molecule has 106 valence electrons. The maximum Gasteiger partial charge on any atom is 0.119 e. The molecule has 0 bridgehead atoms. The van der Waals surface area contributed by atoms with Gasteiger partial charge in [-0.1, -0.05) is 6.92 Å². The molecule has 1 aromatic heterocycles. The third-order valence-electron chi connectivity index (χ3n) is 3.72. The van der Waals surface area contributed by atoms with Gasteiger partial charge in [0.1, 0.15) is 11.5 Å². The fourth-order valence-electron chi connectivity index (χ4n) is 2.70. The van der Waals surface area contributed by atoms with E-state index in [0.717, 1.165) is 43.1 Å². The third-order valence-corrected chi connectivity index (χ3v) is 3.72. The predicted octanol–water partition coefficient (Wildman–Crippen LogP) is 4.56. The lowest BCUT2D eigenvalue weighted by Gasteiger charge is -2.23. The summed E-state index contributed by atoms with van der Waals surface area (Å²) in [7, 11) is 0. The van der Waals surface area contributed by atoms with E-state index in [1.165, 1.54) is 12.0 Å². The van der Waals surface area contributed by atoms with E-state index in [1.54, 1.807) is 6.26 Å². The Labute approximate surface area is 119 Å². The highest BCUT2D eigenvalue weighted by molar-refractivity contribution is 5.48. The number of ether oxygens (including phenoxy) is 1. The predicted molar refractivity (Wildman–Crippen MR) is 80.2 cm³/mol. The van der Waals surface area contributed by atoms with Crippen molar-refractivity contribution in [3.8, 4) is 5.75 Å². The number of nitrogens with one attached hydrogen (secondary N) is 1. The summed E-state index contributed by atoms with van der Waals surface area (Å²) in [5, 5.41) is 3.59. The Balaban J connectivity index is 1.67. The zero-order valence-corrected chi connectivity index (χ0v) is 11.9. The number of aryl methyl sites for hydroxylation is 1. The van der Waals surface area contributed by atoms with E-state index >= 15 is 0 Å². The summed E-state index contributed by atoms with van der Waals surface area (Å²) in [6.45, 7) is 2.88. The summed E-state index contributed by atoms with van der Waals surface area (Å²) in [6, 6.07) is 10.7. The van der Waals surface area contributed by atoms with Crippen molar-refractivity contribution in [2.24, 2.45) is 0 Å². The van der Waals surface area contributed by atoms with E-state index in [-0.39, 0.29) is 0 Å². The standard InChI is InChI=1S/C17H21NO2/c1-2-11-19-14-8-6-13(7-9-14)18-16-4-3-5-17-15(16)10-12-20-17/h6-10,12,16,18H,2-5,11H2,1H3. The van der Waals surface area contributed by atoms with E-state index in [4.69, 9.17) is 9.15 Å². The minimum absolute atomic E-state index is 0.361. The maximum atomic E-state index is 5.60. The lowest BCUT2D eigenvalue weighted by Crippen LogP contribution is -2.15. The van der Waals surface area contributed by atoms with Gasteiger partial charge in [0.15, 0.2) is 0 Å². The van der Waals surface area contributed by atoms with Crippen molar-refractivity contribution in [2.45, 2.75) is 38.6 Å². The first kappa shape index (κ1) is 13.1. The summed E-state index contributed by atoms with van der Waals surface area (Å²) >= 11 is 0. The number of anilines is 1. The Morgan fingerprint density at radius 2 is 2.10 bits per heavy atom. The number of furan rings is 1. The van der Waals surface area contributed by atoms with Gasteiger partial charge in [-0.05, 0) is 49.6 Å². The molecule has 1 aliphatic rings. The van der Waals surface area contributed by atoms with Gasteiger partial charge in [0.25, 0.3) is 0 Å². The molecule has 1 atom stereocenters. The highest BCUT2D eigenvalue weighted by Crippen LogP contribution is 2.33. The number of rotatable bonds is 5. The summed E-state index contributed by atoms with van der Waals surface area (Å²) in [5.41, 5.74) is 2.44. The molecule has 0 radical (unpaired) electrons. The Hall–Kier alpha value is -1.90. The van der Waals surface area contributed by atoms with Crippen LogP contribution in [-0.4, -0.2) is 6.61 Å². The molecule has 0 spiro atoms. The van der Waals surface area contributed by atoms with Gasteiger partial charge in [-0.15, -0.1) is 0 Å². The monoisotopic (exact) mass is 271 g/mol. The van der Waals surface area contributed by atoms with E-state index in [0.29, 0.717) is 6.04 Å². The molecule has 3 heteroatoms. The fourth-order valence-corrected chi connectivity index (χ4v) is 2.70. The van der Waals surface area contributed by atoms with Crippen LogP contribution in [0.5, 0.6) is 5.75 Å². The molecule has 0 saturated heterocycles. The van der Waals surface area contributed by atoms with Crippen molar-refractivity contribution in [3.05, 3.63) is 47.9 Å². The van der Waals surface area contributed by atoms with Crippen molar-refractivity contribution in [1.82, 2.24) is 0 Å². The molecule has 20 heavy (non-hydrogen) atoms. The molecule has 2 aromatic rings. The molecule has 1 heterocycles. The van der Waals surface area contributed by atoms with Crippen LogP contribution in [0, 0.1) is 0 Å². The van der Waals surface area contributed by atoms with Gasteiger partial charge in [0.05, 0.1) is 18.9 Å². The van der Waals surface area contributed by atoms with E-state index < -0.39 is 0 Å². The topological polar surface area (TPSA) is 34.4 Å². The lowest BCUT2D eigenvalue weighted by molar-refractivity contribution is 0.317. The first-order valence-electron chi connectivity index (χ1n) is 7.42. The highest BCUT2D eigenvalue weighted by atomic mass is 16.5. The van der Waals surface area contributed by atoms with Crippen molar-refractivity contribution in [1.29, 1.82) is 0 Å². The minimum Gasteiger partial charge on any atom is -0.494 e. The van der Waals surface area contributed by atoms with Crippen LogP contribution in [0.15, 0.2) is 41.0 Å². The summed E-state index contributed by atoms with van der Waals surface area (Å²) in [4.78, 5) is 0. The summed E-state index contributed by atoms with van der Waals surface area (Å²) in [5.74, 6) is 2.07. The van der Waals surface area contributed by atoms with Crippen molar-refractivity contribution in [2.75, 3.05) is 11.9 Å². The zero-order valence-electron chi connectivity index (χ0n) is 11.9. The number of benzene rings is 1. The molecule has 1 aliphatic carbocycles. The lowest BCUT2D eigenvalue weighted by atomic mass is 9.93. The molecule has 0 fully saturated rings. The van der Waals surface area contributed by atoms with E-state index in [1.807, 2.05) is 12.1 Å². The van der Waals surface area contributed by atoms with Gasteiger partial charge in [0, 0.05) is 17.7 Å². The van der Waals surface area contributed by atoms with Gasteiger partial charge in [-0.2, -0.15) is 0 Å². The highest BCUT2D eigenvalue weighted by Gasteiger charge is 2.22. The van der Waals surface area contributed by atoms with Crippen LogP contribution in [-0.2, 0) is 6.42 Å². The van der Waals surface area contributed by atoms with E-state index in [2.05, 4.69) is 30.4 Å². The second kappa shape index (κ2) is 6.04. The number of hydrogen-bond acceptors (Lipinski definition) is 3. The average Bonchev–Trinajstić information content (AvgIpc) is 2.96. The number of hydrogen-bond donors (Lipinski definition) is 1. The Bertz CT molecular complexity index is 544. The van der Waals surface area contributed by atoms with Crippen molar-refractivity contribution >= 4 is 5.69 Å². The van der Waals surface area contributed by atoms with Gasteiger partial charge in [-0.3, -0.25) is 0 Å². The van der Waals surface area contributed by atoms with Crippen LogP contribution in [0.25, 0.3) is 0 Å². The largest absolute Gasteiger partial charge is 0.494 e. The molecule has 1 unspecified atom stereocenters. The SMILES string of the molecule is CCCOc1ccc(NC2CCCc3occc32)cc1. The normalized spacial score (nSPS) is 17.6. The second-order valence-electron chi connectivity index (χ2n) is 5.26. The minimum atomic E-state index is 0.361. The van der Waals surface area contributed by atoms with Gasteiger partial charge < -0.3 is 14.5 Å². The van der Waals surface area contributed by atoms with Crippen LogP contribution in [0.4, 0.5) is 5.69 Å². The zero-order chi connectivity index (χ0) is 13.8. The summed E-state index contributed by atoms with van der Waals surface area (Å²) < 4.78 is 11.1. The maximum absolute atomic E-state index is 5.60. The van der Waals surface area contributed by atoms with Crippen LogP contribution < -0.4 is 10.1 Å². The number of fused-ring (bicyclic) bond motifs is 1. The molecule has 3 nitrogen and oxygen atoms in total. The first-order valence-corrected chi connectivity index (χ1v) is 7.42. The second-order valence-corrected chi connectivity index (χ2v) is 5.26. The van der Waals surface area contributed by atoms with Crippen molar-refractivity contribution < 1.29 is 9.15 Å². The average molecular weight is 271 g/mol. The molecular weight excluding hydrogens is 250 g/mol. The van der Waals surface area contributed by atoms with Gasteiger partial charge in [-0.25, -0.2) is 0 Å². The van der Waals surface area contributed by atoms with Crippen LogP contribution in [0.2, 0.25) is 0 Å². The smallest absolute Gasteiger partial charge is 0.119 e. The quantitative estimate of drug-likeness (QED) is 0.865. The third kappa shape index (κ3) is 2.82. The fraction of sp³-hybridized carbons (Fsp3) is 0.412. The van der Waals surface area contributed by atoms with Crippen LogP contribution in [0.1, 0.15) is 43.6 Å². The van der Waals surface area contributed by atoms with Gasteiger partial charge >= 0.3 is 0 Å². The van der Waals surface area contributed by atoms with Crippen LogP contribution >= 0.6 is 0 Å². The Kier molecular flexibility index (Phi) is 3.95. The molecule has 1 N–H and O–H groups in total. The molecule has 1 aromatic carbocycles. The Morgan fingerprint density at radius 1 is 1.25 bits per heavy atom.